The van der Waals surface area contributed by atoms with Crippen molar-refractivity contribution in [3.8, 4) is 6.07 Å². The van der Waals surface area contributed by atoms with E-state index in [1.165, 1.54) is 17.4 Å². The average Bonchev–Trinajstić information content (AvgIpc) is 2.88. The SMILES string of the molecule is N#Cc1csc(CNCc2ccc(F)c(CO)c2)c1. The number of rotatable bonds is 5. The lowest BCUT2D eigenvalue weighted by Crippen LogP contribution is -2.12. The van der Waals surface area contributed by atoms with E-state index in [1.54, 1.807) is 12.1 Å². The van der Waals surface area contributed by atoms with Gasteiger partial charge in [0.05, 0.1) is 12.2 Å². The van der Waals surface area contributed by atoms with Crippen molar-refractivity contribution in [2.24, 2.45) is 0 Å². The molecular weight excluding hydrogens is 263 g/mol. The number of halogens is 1. The Hall–Kier alpha value is -1.74. The Balaban J connectivity index is 1.90. The van der Waals surface area contributed by atoms with Gasteiger partial charge in [0, 0.05) is 28.9 Å². The number of aliphatic hydroxyl groups is 1. The van der Waals surface area contributed by atoms with Crippen LogP contribution in [0.15, 0.2) is 29.6 Å². The largest absolute Gasteiger partial charge is 0.392 e. The molecule has 0 radical (unpaired) electrons. The minimum atomic E-state index is -0.386. The zero-order chi connectivity index (χ0) is 13.7. The van der Waals surface area contributed by atoms with E-state index >= 15 is 0 Å². The summed E-state index contributed by atoms with van der Waals surface area (Å²) >= 11 is 1.53. The molecule has 0 spiro atoms. The first-order valence-corrected chi connectivity index (χ1v) is 6.67. The molecule has 0 bridgehead atoms. The summed E-state index contributed by atoms with van der Waals surface area (Å²) in [6.45, 7) is 0.960. The van der Waals surface area contributed by atoms with Gasteiger partial charge >= 0.3 is 0 Å². The molecule has 5 heteroatoms. The highest BCUT2D eigenvalue weighted by atomic mass is 32.1. The molecule has 0 saturated carbocycles. The van der Waals surface area contributed by atoms with Gasteiger partial charge in [-0.3, -0.25) is 0 Å². The summed E-state index contributed by atoms with van der Waals surface area (Å²) < 4.78 is 13.2. The van der Waals surface area contributed by atoms with Crippen LogP contribution in [0.4, 0.5) is 4.39 Å². The Kier molecular flexibility index (Phi) is 4.63. The topological polar surface area (TPSA) is 56.0 Å². The van der Waals surface area contributed by atoms with Crippen molar-refractivity contribution < 1.29 is 9.50 Å². The number of aliphatic hydroxyl groups excluding tert-OH is 1. The summed E-state index contributed by atoms with van der Waals surface area (Å²) in [7, 11) is 0. The minimum Gasteiger partial charge on any atom is -0.392 e. The predicted octanol–water partition coefficient (Wildman–Crippen LogP) is 2.54. The minimum absolute atomic E-state index is 0.296. The van der Waals surface area contributed by atoms with Gasteiger partial charge in [0.15, 0.2) is 0 Å². The summed E-state index contributed by atoms with van der Waals surface area (Å²) in [5.41, 5.74) is 1.90. The Labute approximate surface area is 114 Å². The van der Waals surface area contributed by atoms with Gasteiger partial charge in [-0.15, -0.1) is 11.3 Å². The maximum absolute atomic E-state index is 13.2. The number of nitriles is 1. The van der Waals surface area contributed by atoms with E-state index in [0.29, 0.717) is 24.2 Å². The quantitative estimate of drug-likeness (QED) is 0.882. The van der Waals surface area contributed by atoms with Crippen LogP contribution in [-0.2, 0) is 19.7 Å². The van der Waals surface area contributed by atoms with E-state index in [2.05, 4.69) is 11.4 Å². The molecular formula is C14H13FN2OS. The number of nitrogens with one attached hydrogen (secondary N) is 1. The average molecular weight is 276 g/mol. The molecule has 1 heterocycles. The van der Waals surface area contributed by atoms with E-state index < -0.39 is 0 Å². The van der Waals surface area contributed by atoms with Gasteiger partial charge in [-0.05, 0) is 23.8 Å². The Morgan fingerprint density at radius 2 is 2.16 bits per heavy atom. The molecule has 98 valence electrons. The zero-order valence-corrected chi connectivity index (χ0v) is 11.0. The third-order valence-corrected chi connectivity index (χ3v) is 3.63. The molecule has 2 aromatic rings. The van der Waals surface area contributed by atoms with Crippen molar-refractivity contribution in [3.63, 3.8) is 0 Å². The van der Waals surface area contributed by atoms with E-state index in [-0.39, 0.29) is 12.4 Å². The number of hydrogen-bond donors (Lipinski definition) is 2. The van der Waals surface area contributed by atoms with Gasteiger partial charge in [0.1, 0.15) is 11.9 Å². The van der Waals surface area contributed by atoms with Crippen molar-refractivity contribution in [1.82, 2.24) is 5.32 Å². The van der Waals surface area contributed by atoms with E-state index in [1.807, 2.05) is 11.4 Å². The van der Waals surface area contributed by atoms with Crippen LogP contribution in [0.1, 0.15) is 21.6 Å². The molecule has 0 amide bonds. The standard InChI is InChI=1S/C14H13FN2OS/c15-14-2-1-10(3-12(14)8-18)6-17-7-13-4-11(5-16)9-19-13/h1-4,9,17-18H,6-8H2. The van der Waals surface area contributed by atoms with Crippen molar-refractivity contribution >= 4 is 11.3 Å². The summed E-state index contributed by atoms with van der Waals surface area (Å²) in [6, 6.07) is 8.64. The number of benzene rings is 1. The molecule has 0 unspecified atom stereocenters. The van der Waals surface area contributed by atoms with Gasteiger partial charge in [-0.25, -0.2) is 4.39 Å². The fraction of sp³-hybridized carbons (Fsp3) is 0.214. The molecule has 2 N–H and O–H groups in total. The molecule has 1 aromatic heterocycles. The molecule has 0 aliphatic carbocycles. The van der Waals surface area contributed by atoms with Crippen molar-refractivity contribution in [3.05, 3.63) is 57.0 Å². The molecule has 0 saturated heterocycles. The smallest absolute Gasteiger partial charge is 0.128 e. The summed E-state index contributed by atoms with van der Waals surface area (Å²) in [5.74, 6) is -0.386. The predicted molar refractivity (Wildman–Crippen MR) is 71.9 cm³/mol. The van der Waals surface area contributed by atoms with Crippen molar-refractivity contribution in [2.75, 3.05) is 0 Å². The molecule has 2 rings (SSSR count). The van der Waals surface area contributed by atoms with Gasteiger partial charge in [-0.2, -0.15) is 5.26 Å². The first-order chi connectivity index (χ1) is 9.22. The lowest BCUT2D eigenvalue weighted by molar-refractivity contribution is 0.275. The summed E-state index contributed by atoms with van der Waals surface area (Å²) in [5, 5.41) is 22.7. The summed E-state index contributed by atoms with van der Waals surface area (Å²) in [6.07, 6.45) is 0. The normalized spacial score (nSPS) is 10.4. The maximum atomic E-state index is 13.2. The molecule has 0 fully saturated rings. The van der Waals surface area contributed by atoms with E-state index in [0.717, 1.165) is 10.4 Å². The second kappa shape index (κ2) is 6.43. The second-order valence-electron chi connectivity index (χ2n) is 4.10. The lowest BCUT2D eigenvalue weighted by Gasteiger charge is -2.06. The van der Waals surface area contributed by atoms with Crippen LogP contribution < -0.4 is 5.32 Å². The first kappa shape index (κ1) is 13.7. The fourth-order valence-corrected chi connectivity index (χ4v) is 2.50. The van der Waals surface area contributed by atoms with Crippen LogP contribution >= 0.6 is 11.3 Å². The second-order valence-corrected chi connectivity index (χ2v) is 5.10. The van der Waals surface area contributed by atoms with Gasteiger partial charge in [-0.1, -0.05) is 6.07 Å². The monoisotopic (exact) mass is 276 g/mol. The molecule has 19 heavy (non-hydrogen) atoms. The third-order valence-electron chi connectivity index (χ3n) is 2.69. The van der Waals surface area contributed by atoms with Crippen LogP contribution in [0.3, 0.4) is 0 Å². The molecule has 0 atom stereocenters. The summed E-state index contributed by atoms with van der Waals surface area (Å²) in [4.78, 5) is 1.08. The molecule has 0 aliphatic rings. The highest BCUT2D eigenvalue weighted by Crippen LogP contribution is 2.14. The van der Waals surface area contributed by atoms with Crippen LogP contribution in [0.5, 0.6) is 0 Å². The first-order valence-electron chi connectivity index (χ1n) is 5.79. The van der Waals surface area contributed by atoms with Gasteiger partial charge in [0.25, 0.3) is 0 Å². The fourth-order valence-electron chi connectivity index (χ4n) is 1.72. The number of nitrogens with zero attached hydrogens (tertiary/aromatic N) is 1. The van der Waals surface area contributed by atoms with Crippen LogP contribution in [0, 0.1) is 17.1 Å². The third kappa shape index (κ3) is 3.61. The molecule has 3 nitrogen and oxygen atoms in total. The van der Waals surface area contributed by atoms with Gasteiger partial charge < -0.3 is 10.4 Å². The Morgan fingerprint density at radius 3 is 2.84 bits per heavy atom. The van der Waals surface area contributed by atoms with Gasteiger partial charge in [0.2, 0.25) is 0 Å². The zero-order valence-electron chi connectivity index (χ0n) is 10.2. The number of hydrogen-bond acceptors (Lipinski definition) is 4. The van der Waals surface area contributed by atoms with Crippen molar-refractivity contribution in [1.29, 1.82) is 5.26 Å². The Morgan fingerprint density at radius 1 is 1.32 bits per heavy atom. The molecule has 0 aliphatic heterocycles. The van der Waals surface area contributed by atoms with Crippen LogP contribution in [0.25, 0.3) is 0 Å². The van der Waals surface area contributed by atoms with E-state index in [9.17, 15) is 4.39 Å². The molecule has 1 aromatic carbocycles. The van der Waals surface area contributed by atoms with Crippen LogP contribution in [-0.4, -0.2) is 5.11 Å². The lowest BCUT2D eigenvalue weighted by atomic mass is 10.1. The number of thiophene rings is 1. The van der Waals surface area contributed by atoms with Crippen molar-refractivity contribution in [2.45, 2.75) is 19.7 Å². The maximum Gasteiger partial charge on any atom is 0.128 e. The highest BCUT2D eigenvalue weighted by molar-refractivity contribution is 7.10. The van der Waals surface area contributed by atoms with E-state index in [4.69, 9.17) is 10.4 Å². The van der Waals surface area contributed by atoms with Crippen LogP contribution in [0.2, 0.25) is 0 Å². The highest BCUT2D eigenvalue weighted by Gasteiger charge is 2.03. The Bertz CT molecular complexity index is 604.